The number of rotatable bonds is 3. The third-order valence-electron chi connectivity index (χ3n) is 6.95. The molecule has 147 valence electrons. The van der Waals surface area contributed by atoms with Gasteiger partial charge in [-0.3, -0.25) is 4.74 Å². The van der Waals surface area contributed by atoms with Crippen molar-refractivity contribution < 1.29 is 9.95 Å². The summed E-state index contributed by atoms with van der Waals surface area (Å²) in [5.74, 6) is 0.214. The molecule has 0 atom stereocenters. The molecular weight excluding hydrogens is 362 g/mol. The largest absolute Gasteiger partial charge is 0.715 e. The van der Waals surface area contributed by atoms with Crippen LogP contribution in [0.1, 0.15) is 27.7 Å². The molecule has 29 heavy (non-hydrogen) atoms. The molecule has 5 heteroatoms. The molecule has 5 nitrogen and oxygen atoms in total. The predicted octanol–water partition coefficient (Wildman–Crippen LogP) is 5.12. The molecule has 0 aliphatic carbocycles. The van der Waals surface area contributed by atoms with Crippen LogP contribution in [0.2, 0.25) is 0 Å². The second-order valence-electron chi connectivity index (χ2n) is 8.95. The zero-order valence-electron chi connectivity index (χ0n) is 17.1. The molecule has 4 aromatic rings. The maximum Gasteiger partial charge on any atom is 0.304 e. The van der Waals surface area contributed by atoms with Crippen molar-refractivity contribution in [2.24, 2.45) is 0 Å². The van der Waals surface area contributed by atoms with Crippen molar-refractivity contribution in [3.05, 3.63) is 59.8 Å². The van der Waals surface area contributed by atoms with Gasteiger partial charge in [0.1, 0.15) is 12.1 Å². The van der Waals surface area contributed by atoms with Crippen LogP contribution in [0.3, 0.4) is 0 Å². The van der Waals surface area contributed by atoms with Crippen molar-refractivity contribution >= 4 is 43.8 Å². The maximum atomic E-state index is 12.8. The summed E-state index contributed by atoms with van der Waals surface area (Å²) >= 11 is 0. The normalized spacial score (nSPS) is 18.4. The van der Waals surface area contributed by atoms with Crippen LogP contribution in [-0.4, -0.2) is 33.3 Å². The Balaban J connectivity index is 1.59. The Morgan fingerprint density at radius 2 is 1.48 bits per heavy atom. The molecule has 1 heterocycles. The van der Waals surface area contributed by atoms with Crippen LogP contribution in [0.4, 0.5) is 5.69 Å². The summed E-state index contributed by atoms with van der Waals surface area (Å²) in [4.78, 5) is 0. The Hall–Kier alpha value is -3.05. The molecule has 0 spiro atoms. The van der Waals surface area contributed by atoms with Gasteiger partial charge in [0, 0.05) is 16.3 Å². The fourth-order valence-electron chi connectivity index (χ4n) is 4.43. The zero-order chi connectivity index (χ0) is 20.6. The summed E-state index contributed by atoms with van der Waals surface area (Å²) in [5, 5.41) is 37.0. The van der Waals surface area contributed by atoms with Crippen LogP contribution < -0.4 is 5.32 Å². The van der Waals surface area contributed by atoms with Crippen LogP contribution in [-0.2, 0) is 5.21 Å². The Morgan fingerprint density at radius 1 is 0.897 bits per heavy atom. The molecule has 4 aromatic carbocycles. The molecule has 0 saturated heterocycles. The predicted molar refractivity (Wildman–Crippen MR) is 118 cm³/mol. The quantitative estimate of drug-likeness (QED) is 0.302. The van der Waals surface area contributed by atoms with E-state index >= 15 is 0 Å². The number of benzene rings is 4. The molecule has 1 radical (unpaired) electrons. The zero-order valence-corrected chi connectivity index (χ0v) is 17.1. The first-order chi connectivity index (χ1) is 13.7. The average molecular weight is 386 g/mol. The minimum absolute atomic E-state index is 0.184. The molecule has 0 aromatic heterocycles. The molecule has 1 N–H and O–H groups in total. The first-order valence-corrected chi connectivity index (χ1v) is 9.94. The lowest BCUT2D eigenvalue weighted by Gasteiger charge is -2.32. The molecule has 0 unspecified atom stereocenters. The number of nitrogens with zero attached hydrogens (tertiary/aromatic N) is 2. The van der Waals surface area contributed by atoms with E-state index in [1.165, 1.54) is 26.9 Å². The smallest absolute Gasteiger partial charge is 0.304 e. The third-order valence-corrected chi connectivity index (χ3v) is 6.95. The highest BCUT2D eigenvalue weighted by Crippen LogP contribution is 2.38. The van der Waals surface area contributed by atoms with Gasteiger partial charge in [-0.1, -0.05) is 53.6 Å². The van der Waals surface area contributed by atoms with Crippen molar-refractivity contribution in [3.63, 3.8) is 0 Å². The number of amidine groups is 1. The number of hydrogen-bond donors (Lipinski definition) is 1. The van der Waals surface area contributed by atoms with Gasteiger partial charge in [-0.25, -0.2) is 0 Å². The average Bonchev–Trinajstić information content (AvgIpc) is 2.82. The maximum absolute atomic E-state index is 12.8. The van der Waals surface area contributed by atoms with Crippen molar-refractivity contribution in [3.8, 4) is 0 Å². The summed E-state index contributed by atoms with van der Waals surface area (Å²) in [5.41, 5.74) is -0.671. The Morgan fingerprint density at radius 3 is 2.10 bits per heavy atom. The van der Waals surface area contributed by atoms with Gasteiger partial charge in [-0.15, -0.1) is 0 Å². The standard InChI is InChI=1S/C24H24N3O2/c1-23(2)24(3,4)27(29)20(26(23)28)14-25-19-13-11-17-9-8-15-6-5-7-16-10-12-18(19)22(17)21(15)16/h5-13,25H,14H2,1-4H3. The molecule has 5 rings (SSSR count). The van der Waals surface area contributed by atoms with Crippen LogP contribution in [0.5, 0.6) is 0 Å². The second kappa shape index (κ2) is 5.74. The highest BCUT2D eigenvalue weighted by atomic mass is 16.5. The van der Waals surface area contributed by atoms with Gasteiger partial charge in [0.25, 0.3) is 0 Å². The van der Waals surface area contributed by atoms with Gasteiger partial charge in [-0.05, 0) is 60.7 Å². The van der Waals surface area contributed by atoms with Gasteiger partial charge >= 0.3 is 5.84 Å². The monoisotopic (exact) mass is 386 g/mol. The van der Waals surface area contributed by atoms with E-state index in [1.54, 1.807) is 0 Å². The molecule has 0 amide bonds. The summed E-state index contributed by atoms with van der Waals surface area (Å²) in [6.07, 6.45) is 0. The number of anilines is 1. The lowest BCUT2D eigenvalue weighted by Crippen LogP contribution is -2.53. The van der Waals surface area contributed by atoms with E-state index in [1.807, 2.05) is 33.8 Å². The number of hydrogen-bond acceptors (Lipinski definition) is 3. The first kappa shape index (κ1) is 18.0. The first-order valence-electron chi connectivity index (χ1n) is 9.94. The number of nitrogens with one attached hydrogen (secondary N) is 1. The van der Waals surface area contributed by atoms with Gasteiger partial charge in [0.2, 0.25) is 0 Å². The third kappa shape index (κ3) is 2.28. The van der Waals surface area contributed by atoms with Crippen LogP contribution in [0.15, 0.2) is 54.6 Å². The van der Waals surface area contributed by atoms with E-state index in [0.717, 1.165) is 20.9 Å². The molecule has 1 aliphatic rings. The van der Waals surface area contributed by atoms with E-state index in [4.69, 9.17) is 0 Å². The second-order valence-corrected chi connectivity index (χ2v) is 8.95. The molecule has 1 aliphatic heterocycles. The van der Waals surface area contributed by atoms with Gasteiger partial charge in [0.05, 0.1) is 0 Å². The van der Waals surface area contributed by atoms with Crippen molar-refractivity contribution in [1.82, 2.24) is 5.06 Å². The van der Waals surface area contributed by atoms with Crippen molar-refractivity contribution in [2.75, 3.05) is 11.9 Å². The van der Waals surface area contributed by atoms with Crippen LogP contribution >= 0.6 is 0 Å². The SMILES string of the molecule is CC1(C)N([O])C(CNc2ccc3ccc4cccc5ccc2c3c45)=[N+]([O-])C1(C)C. The Kier molecular flexibility index (Phi) is 3.56. The van der Waals surface area contributed by atoms with Crippen molar-refractivity contribution in [1.29, 1.82) is 0 Å². The lowest BCUT2D eigenvalue weighted by atomic mass is 9.84. The summed E-state index contributed by atoms with van der Waals surface area (Å²) in [7, 11) is 0. The van der Waals surface area contributed by atoms with Gasteiger partial charge < -0.3 is 10.5 Å². The van der Waals surface area contributed by atoms with E-state index in [9.17, 15) is 10.4 Å². The van der Waals surface area contributed by atoms with Crippen LogP contribution in [0, 0.1) is 5.21 Å². The number of hydroxylamine groups is 3. The highest BCUT2D eigenvalue weighted by Gasteiger charge is 2.59. The Labute approximate surface area is 169 Å². The summed E-state index contributed by atoms with van der Waals surface area (Å²) in [6, 6.07) is 19.0. The van der Waals surface area contributed by atoms with Gasteiger partial charge in [0.15, 0.2) is 5.54 Å². The summed E-state index contributed by atoms with van der Waals surface area (Å²) in [6.45, 7) is 7.44. The highest BCUT2D eigenvalue weighted by molar-refractivity contribution is 6.25. The molecule has 0 bridgehead atoms. The van der Waals surface area contributed by atoms with E-state index < -0.39 is 11.1 Å². The molecule has 0 saturated carbocycles. The molecular formula is C24H24N3O2. The molecule has 0 fully saturated rings. The fraction of sp³-hybridized carbons (Fsp3) is 0.292. The van der Waals surface area contributed by atoms with Crippen LogP contribution in [0.25, 0.3) is 32.3 Å². The van der Waals surface area contributed by atoms with E-state index in [2.05, 4.69) is 53.8 Å². The van der Waals surface area contributed by atoms with E-state index in [0.29, 0.717) is 0 Å². The topological polar surface area (TPSA) is 61.2 Å². The minimum Gasteiger partial charge on any atom is -0.715 e. The minimum atomic E-state index is -0.797. The van der Waals surface area contributed by atoms with E-state index in [-0.39, 0.29) is 12.4 Å². The lowest BCUT2D eigenvalue weighted by molar-refractivity contribution is -0.540. The van der Waals surface area contributed by atoms with Gasteiger partial charge in [-0.2, -0.15) is 0 Å². The fourth-order valence-corrected chi connectivity index (χ4v) is 4.43. The Bertz CT molecular complexity index is 1270. The summed E-state index contributed by atoms with van der Waals surface area (Å²) < 4.78 is 0.864. The van der Waals surface area contributed by atoms with Crippen molar-refractivity contribution in [2.45, 2.75) is 38.8 Å².